The van der Waals surface area contributed by atoms with Crippen LogP contribution in [0.15, 0.2) is 10.6 Å². The summed E-state index contributed by atoms with van der Waals surface area (Å²) in [5, 5.41) is 4.95. The largest absolute Gasteiger partial charge is 0.398 e. The molecule has 0 saturated heterocycles. The minimum Gasteiger partial charge on any atom is -0.398 e. The number of nitrogens with two attached hydrogens (primary N) is 1. The number of hydrogen-bond donors (Lipinski definition) is 1. The first-order chi connectivity index (χ1) is 6.11. The third kappa shape index (κ3) is 1.00. The Morgan fingerprint density at radius 1 is 1.31 bits per heavy atom. The van der Waals surface area contributed by atoms with Crippen LogP contribution >= 0.6 is 0 Å². The second-order valence-corrected chi connectivity index (χ2v) is 3.37. The predicted molar refractivity (Wildman–Crippen MR) is 52.6 cm³/mol. The third-order valence-electron chi connectivity index (χ3n) is 2.44. The van der Waals surface area contributed by atoms with Gasteiger partial charge in [0.1, 0.15) is 0 Å². The van der Waals surface area contributed by atoms with Gasteiger partial charge in [0.05, 0.1) is 5.69 Å². The lowest BCUT2D eigenvalue weighted by Gasteiger charge is -2.04. The van der Waals surface area contributed by atoms with Crippen LogP contribution in [0.2, 0.25) is 0 Å². The molecule has 1 aromatic heterocycles. The molecule has 3 nitrogen and oxygen atoms in total. The van der Waals surface area contributed by atoms with Crippen LogP contribution in [0.5, 0.6) is 0 Å². The number of aryl methyl sites for hydroxylation is 3. The van der Waals surface area contributed by atoms with E-state index >= 15 is 0 Å². The van der Waals surface area contributed by atoms with E-state index < -0.39 is 0 Å². The average Bonchev–Trinajstić information content (AvgIpc) is 2.43. The normalized spacial score (nSPS) is 11.0. The summed E-state index contributed by atoms with van der Waals surface area (Å²) in [4.78, 5) is 0. The topological polar surface area (TPSA) is 52.0 Å². The number of rotatable bonds is 0. The van der Waals surface area contributed by atoms with Gasteiger partial charge in [-0.1, -0.05) is 5.16 Å². The van der Waals surface area contributed by atoms with E-state index in [0.717, 1.165) is 33.5 Å². The van der Waals surface area contributed by atoms with Crippen LogP contribution in [0.3, 0.4) is 0 Å². The maximum atomic E-state index is 5.91. The summed E-state index contributed by atoms with van der Waals surface area (Å²) in [6.45, 7) is 5.89. The fourth-order valence-electron chi connectivity index (χ4n) is 1.65. The fourth-order valence-corrected chi connectivity index (χ4v) is 1.65. The second-order valence-electron chi connectivity index (χ2n) is 3.37. The molecule has 0 spiro atoms. The summed E-state index contributed by atoms with van der Waals surface area (Å²) >= 11 is 0. The molecule has 0 amide bonds. The Balaban J connectivity index is 2.97. The molecule has 2 rings (SSSR count). The van der Waals surface area contributed by atoms with Gasteiger partial charge in [0, 0.05) is 11.1 Å². The summed E-state index contributed by atoms with van der Waals surface area (Å²) < 4.78 is 5.16. The molecule has 0 unspecified atom stereocenters. The van der Waals surface area contributed by atoms with Crippen molar-refractivity contribution in [3.8, 4) is 0 Å². The molecule has 0 radical (unpaired) electrons. The van der Waals surface area contributed by atoms with Gasteiger partial charge in [-0.2, -0.15) is 0 Å². The van der Waals surface area contributed by atoms with Crippen molar-refractivity contribution >= 4 is 16.7 Å². The van der Waals surface area contributed by atoms with E-state index in [9.17, 15) is 0 Å². The Labute approximate surface area is 76.5 Å². The van der Waals surface area contributed by atoms with Gasteiger partial charge in [-0.3, -0.25) is 0 Å². The van der Waals surface area contributed by atoms with Gasteiger partial charge in [-0.05, 0) is 38.0 Å². The fraction of sp³-hybridized carbons (Fsp3) is 0.300. The van der Waals surface area contributed by atoms with E-state index in [-0.39, 0.29) is 0 Å². The summed E-state index contributed by atoms with van der Waals surface area (Å²) in [5.41, 5.74) is 10.6. The highest BCUT2D eigenvalue weighted by Gasteiger charge is 2.10. The molecule has 0 atom stereocenters. The van der Waals surface area contributed by atoms with Crippen LogP contribution in [-0.4, -0.2) is 5.16 Å². The van der Waals surface area contributed by atoms with E-state index in [2.05, 4.69) is 5.16 Å². The van der Waals surface area contributed by atoms with Gasteiger partial charge in [-0.15, -0.1) is 0 Å². The molecule has 68 valence electrons. The Kier molecular flexibility index (Phi) is 1.55. The second kappa shape index (κ2) is 2.49. The highest BCUT2D eigenvalue weighted by atomic mass is 16.5. The number of aromatic nitrogens is 1. The first-order valence-corrected chi connectivity index (χ1v) is 4.23. The maximum absolute atomic E-state index is 5.91. The Morgan fingerprint density at radius 2 is 2.00 bits per heavy atom. The summed E-state index contributed by atoms with van der Waals surface area (Å²) in [7, 11) is 0. The number of nitrogens with zero attached hydrogens (tertiary/aromatic N) is 1. The molecule has 2 N–H and O–H groups in total. The minimum absolute atomic E-state index is 0.821. The molecule has 0 aliphatic rings. The van der Waals surface area contributed by atoms with Crippen molar-refractivity contribution in [2.45, 2.75) is 20.8 Å². The van der Waals surface area contributed by atoms with Crippen LogP contribution in [0.4, 0.5) is 5.69 Å². The summed E-state index contributed by atoms with van der Waals surface area (Å²) in [5.74, 6) is 0. The minimum atomic E-state index is 0.821. The molecule has 2 aromatic rings. The third-order valence-corrected chi connectivity index (χ3v) is 2.44. The summed E-state index contributed by atoms with van der Waals surface area (Å²) in [6, 6.07) is 1.93. The molecule has 0 bridgehead atoms. The highest BCUT2D eigenvalue weighted by Crippen LogP contribution is 2.28. The average molecular weight is 176 g/mol. The number of fused-ring (bicyclic) bond motifs is 1. The van der Waals surface area contributed by atoms with E-state index in [4.69, 9.17) is 10.3 Å². The Morgan fingerprint density at radius 3 is 2.69 bits per heavy atom. The van der Waals surface area contributed by atoms with E-state index in [1.165, 1.54) is 0 Å². The molecule has 13 heavy (non-hydrogen) atoms. The zero-order valence-corrected chi connectivity index (χ0v) is 8.01. The zero-order chi connectivity index (χ0) is 9.59. The van der Waals surface area contributed by atoms with Gasteiger partial charge in [-0.25, -0.2) is 0 Å². The van der Waals surface area contributed by atoms with Crippen molar-refractivity contribution < 1.29 is 4.52 Å². The van der Waals surface area contributed by atoms with Crippen molar-refractivity contribution in [2.75, 3.05) is 5.73 Å². The molecule has 0 aliphatic carbocycles. The predicted octanol–water partition coefficient (Wildman–Crippen LogP) is 2.34. The maximum Gasteiger partial charge on any atom is 0.167 e. The van der Waals surface area contributed by atoms with Crippen molar-refractivity contribution in [2.24, 2.45) is 0 Å². The zero-order valence-electron chi connectivity index (χ0n) is 8.01. The molecule has 0 fully saturated rings. The molecule has 1 aromatic carbocycles. The van der Waals surface area contributed by atoms with Gasteiger partial charge in [0.2, 0.25) is 0 Å². The van der Waals surface area contributed by atoms with Crippen molar-refractivity contribution in [1.29, 1.82) is 0 Å². The lowest BCUT2D eigenvalue weighted by Crippen LogP contribution is -1.93. The molecule has 3 heteroatoms. The van der Waals surface area contributed by atoms with Crippen molar-refractivity contribution in [1.82, 2.24) is 5.16 Å². The lowest BCUT2D eigenvalue weighted by atomic mass is 10.0. The van der Waals surface area contributed by atoms with Crippen LogP contribution in [0.25, 0.3) is 11.0 Å². The molecule has 0 saturated carbocycles. The van der Waals surface area contributed by atoms with Gasteiger partial charge >= 0.3 is 0 Å². The molecule has 0 aliphatic heterocycles. The first kappa shape index (κ1) is 8.10. The highest BCUT2D eigenvalue weighted by molar-refractivity contribution is 5.88. The van der Waals surface area contributed by atoms with Gasteiger partial charge in [0.15, 0.2) is 5.58 Å². The first-order valence-electron chi connectivity index (χ1n) is 4.23. The van der Waals surface area contributed by atoms with Crippen molar-refractivity contribution in [3.63, 3.8) is 0 Å². The SMILES string of the molecule is Cc1cc2onc(C)c2c(C)c1N. The van der Waals surface area contributed by atoms with E-state index in [1.54, 1.807) is 0 Å². The molecular weight excluding hydrogens is 164 g/mol. The number of benzene rings is 1. The Hall–Kier alpha value is -1.51. The lowest BCUT2D eigenvalue weighted by molar-refractivity contribution is 0.450. The van der Waals surface area contributed by atoms with E-state index in [1.807, 2.05) is 26.8 Å². The number of anilines is 1. The van der Waals surface area contributed by atoms with Crippen LogP contribution in [-0.2, 0) is 0 Å². The van der Waals surface area contributed by atoms with Crippen LogP contribution in [0.1, 0.15) is 16.8 Å². The summed E-state index contributed by atoms with van der Waals surface area (Å²) in [6.07, 6.45) is 0. The van der Waals surface area contributed by atoms with Gasteiger partial charge < -0.3 is 10.3 Å². The van der Waals surface area contributed by atoms with E-state index in [0.29, 0.717) is 0 Å². The van der Waals surface area contributed by atoms with Crippen LogP contribution in [0, 0.1) is 20.8 Å². The molecular formula is C10H12N2O. The molecule has 1 heterocycles. The Bertz CT molecular complexity index is 471. The van der Waals surface area contributed by atoms with Crippen LogP contribution < -0.4 is 5.73 Å². The van der Waals surface area contributed by atoms with Gasteiger partial charge in [0.25, 0.3) is 0 Å². The number of nitrogen functional groups attached to an aromatic ring is 1. The quantitative estimate of drug-likeness (QED) is 0.627. The van der Waals surface area contributed by atoms with Crippen molar-refractivity contribution in [3.05, 3.63) is 22.9 Å². The standard InChI is InChI=1S/C10H12N2O/c1-5-4-8-9(6(2)10(5)11)7(3)12-13-8/h4H,11H2,1-3H3. The smallest absolute Gasteiger partial charge is 0.167 e. The monoisotopic (exact) mass is 176 g/mol. The number of hydrogen-bond acceptors (Lipinski definition) is 3.